The summed E-state index contributed by atoms with van der Waals surface area (Å²) in [5.74, 6) is 0. The largest absolute Gasteiger partial charge is 0.450 e. The average molecular weight is 296 g/mol. The summed E-state index contributed by atoms with van der Waals surface area (Å²) in [4.78, 5) is 24.2. The second-order valence-electron chi connectivity index (χ2n) is 4.54. The van der Waals surface area contributed by atoms with Crippen molar-refractivity contribution >= 4 is 17.9 Å². The number of ether oxygens (including phenoxy) is 1. The van der Waals surface area contributed by atoms with E-state index in [0.29, 0.717) is 19.7 Å². The quantitative estimate of drug-likeness (QED) is 0.619. The van der Waals surface area contributed by atoms with Crippen LogP contribution in [0, 0.1) is 0 Å². The molecule has 1 amide bonds. The van der Waals surface area contributed by atoms with Gasteiger partial charge in [0.05, 0.1) is 6.61 Å². The Morgan fingerprint density at radius 1 is 1.30 bits per heavy atom. The van der Waals surface area contributed by atoms with Gasteiger partial charge in [-0.2, -0.15) is 0 Å². The zero-order valence-corrected chi connectivity index (χ0v) is 12.7. The van der Waals surface area contributed by atoms with Gasteiger partial charge in [-0.3, -0.25) is 4.90 Å². The number of hydrogen-bond acceptors (Lipinski definition) is 6. The van der Waals surface area contributed by atoms with Gasteiger partial charge in [-0.05, 0) is 13.2 Å². The zero-order chi connectivity index (χ0) is 14.4. The number of piperazine rings is 1. The fraction of sp³-hybridized carbons (Fsp3) is 0.615. The van der Waals surface area contributed by atoms with Gasteiger partial charge in [-0.15, -0.1) is 0 Å². The predicted octanol–water partition coefficient (Wildman–Crippen LogP) is 1.47. The molecule has 6 nitrogen and oxygen atoms in total. The molecule has 0 unspecified atom stereocenters. The molecule has 110 valence electrons. The fourth-order valence-electron chi connectivity index (χ4n) is 2.09. The minimum Gasteiger partial charge on any atom is -0.450 e. The van der Waals surface area contributed by atoms with Crippen LogP contribution in [-0.4, -0.2) is 64.9 Å². The van der Waals surface area contributed by atoms with Gasteiger partial charge in [0.1, 0.15) is 0 Å². The third kappa shape index (κ3) is 4.08. The lowest BCUT2D eigenvalue weighted by Crippen LogP contribution is -2.48. The molecule has 0 aliphatic carbocycles. The fourth-order valence-corrected chi connectivity index (χ4v) is 2.41. The molecular formula is C13H20N4O2S. The van der Waals surface area contributed by atoms with Crippen molar-refractivity contribution in [1.82, 2.24) is 19.8 Å². The van der Waals surface area contributed by atoms with E-state index in [1.165, 1.54) is 11.8 Å². The van der Waals surface area contributed by atoms with Gasteiger partial charge in [0.2, 0.25) is 0 Å². The van der Waals surface area contributed by atoms with E-state index in [1.807, 2.05) is 25.6 Å². The summed E-state index contributed by atoms with van der Waals surface area (Å²) in [6, 6.07) is 0. The van der Waals surface area contributed by atoms with Crippen LogP contribution in [0.1, 0.15) is 12.5 Å². The smallest absolute Gasteiger partial charge is 0.409 e. The van der Waals surface area contributed by atoms with Crippen LogP contribution >= 0.6 is 11.8 Å². The summed E-state index contributed by atoms with van der Waals surface area (Å²) in [6.45, 7) is 6.20. The van der Waals surface area contributed by atoms with Gasteiger partial charge in [0.15, 0.2) is 5.16 Å². The highest BCUT2D eigenvalue weighted by Gasteiger charge is 2.21. The summed E-state index contributed by atoms with van der Waals surface area (Å²) in [6.07, 6.45) is 5.50. The summed E-state index contributed by atoms with van der Waals surface area (Å²) in [5.41, 5.74) is 1.10. The number of carbonyl (C=O) groups is 1. The van der Waals surface area contributed by atoms with Crippen LogP contribution in [0.15, 0.2) is 17.6 Å². The van der Waals surface area contributed by atoms with E-state index in [-0.39, 0.29) is 6.09 Å². The van der Waals surface area contributed by atoms with Crippen molar-refractivity contribution < 1.29 is 9.53 Å². The lowest BCUT2D eigenvalue weighted by Gasteiger charge is -2.33. The molecule has 0 saturated carbocycles. The normalized spacial score (nSPS) is 16.2. The van der Waals surface area contributed by atoms with Crippen LogP contribution < -0.4 is 0 Å². The van der Waals surface area contributed by atoms with Gasteiger partial charge in [-0.1, -0.05) is 11.8 Å². The molecular weight excluding hydrogens is 276 g/mol. The number of amides is 1. The molecule has 0 bridgehead atoms. The second-order valence-corrected chi connectivity index (χ2v) is 5.31. The van der Waals surface area contributed by atoms with Crippen LogP contribution in [0.25, 0.3) is 0 Å². The molecule has 1 aromatic rings. The molecule has 0 spiro atoms. The van der Waals surface area contributed by atoms with Gasteiger partial charge < -0.3 is 9.64 Å². The van der Waals surface area contributed by atoms with E-state index in [0.717, 1.165) is 30.4 Å². The number of hydrogen-bond donors (Lipinski definition) is 0. The first-order valence-electron chi connectivity index (χ1n) is 6.72. The molecule has 0 N–H and O–H groups in total. The van der Waals surface area contributed by atoms with Crippen molar-refractivity contribution in [3.63, 3.8) is 0 Å². The van der Waals surface area contributed by atoms with Crippen LogP contribution in [0.5, 0.6) is 0 Å². The maximum Gasteiger partial charge on any atom is 0.409 e. The van der Waals surface area contributed by atoms with Crippen molar-refractivity contribution in [2.45, 2.75) is 18.6 Å². The number of nitrogens with zero attached hydrogens (tertiary/aromatic N) is 4. The molecule has 0 atom stereocenters. The molecule has 1 aromatic heterocycles. The molecule has 1 fully saturated rings. The third-order valence-corrected chi connectivity index (χ3v) is 3.74. The van der Waals surface area contributed by atoms with Crippen LogP contribution in [0.3, 0.4) is 0 Å². The van der Waals surface area contributed by atoms with Crippen LogP contribution in [0.4, 0.5) is 4.79 Å². The molecule has 2 rings (SSSR count). The van der Waals surface area contributed by atoms with Gasteiger partial charge in [0, 0.05) is 50.7 Å². The standard InChI is InChI=1S/C13H20N4O2S/c1-3-19-13(18)17-6-4-16(5-7-17)10-11-8-14-12(20-2)15-9-11/h8-9H,3-7,10H2,1-2H3. The first-order chi connectivity index (χ1) is 9.72. The number of rotatable bonds is 4. The molecule has 7 heteroatoms. The minimum absolute atomic E-state index is 0.209. The van der Waals surface area contributed by atoms with Crippen LogP contribution in [-0.2, 0) is 11.3 Å². The van der Waals surface area contributed by atoms with Gasteiger partial charge >= 0.3 is 6.09 Å². The van der Waals surface area contributed by atoms with E-state index in [4.69, 9.17) is 4.74 Å². The Kier molecular flexibility index (Phi) is 5.60. The Morgan fingerprint density at radius 3 is 2.50 bits per heavy atom. The molecule has 0 aromatic carbocycles. The molecule has 1 aliphatic rings. The van der Waals surface area contributed by atoms with E-state index in [1.54, 1.807) is 4.90 Å². The maximum absolute atomic E-state index is 11.6. The van der Waals surface area contributed by atoms with Gasteiger partial charge in [-0.25, -0.2) is 14.8 Å². The zero-order valence-electron chi connectivity index (χ0n) is 11.9. The Balaban J connectivity index is 1.80. The minimum atomic E-state index is -0.209. The molecule has 0 radical (unpaired) electrons. The summed E-state index contributed by atoms with van der Waals surface area (Å²) in [5, 5.41) is 0.792. The Morgan fingerprint density at radius 2 is 1.95 bits per heavy atom. The van der Waals surface area contributed by atoms with Crippen LogP contribution in [0.2, 0.25) is 0 Å². The van der Waals surface area contributed by atoms with Crippen molar-refractivity contribution in [3.05, 3.63) is 18.0 Å². The lowest BCUT2D eigenvalue weighted by atomic mass is 10.2. The number of aromatic nitrogens is 2. The van der Waals surface area contributed by atoms with Crippen molar-refractivity contribution in [2.75, 3.05) is 39.0 Å². The lowest BCUT2D eigenvalue weighted by molar-refractivity contribution is 0.0778. The Hall–Kier alpha value is -1.34. The molecule has 20 heavy (non-hydrogen) atoms. The second kappa shape index (κ2) is 7.44. The highest BCUT2D eigenvalue weighted by atomic mass is 32.2. The molecule has 1 saturated heterocycles. The molecule has 2 heterocycles. The van der Waals surface area contributed by atoms with E-state index in [9.17, 15) is 4.79 Å². The Bertz CT molecular complexity index is 433. The first-order valence-corrected chi connectivity index (χ1v) is 7.94. The summed E-state index contributed by atoms with van der Waals surface area (Å²) >= 11 is 1.54. The maximum atomic E-state index is 11.6. The SMILES string of the molecule is CCOC(=O)N1CCN(Cc2cnc(SC)nc2)CC1. The van der Waals surface area contributed by atoms with Crippen molar-refractivity contribution in [2.24, 2.45) is 0 Å². The third-order valence-electron chi connectivity index (χ3n) is 3.17. The predicted molar refractivity (Wildman–Crippen MR) is 77.7 cm³/mol. The average Bonchev–Trinajstić information content (AvgIpc) is 2.49. The molecule has 1 aliphatic heterocycles. The Labute approximate surface area is 123 Å². The highest BCUT2D eigenvalue weighted by molar-refractivity contribution is 7.98. The number of thioether (sulfide) groups is 1. The highest BCUT2D eigenvalue weighted by Crippen LogP contribution is 2.11. The first kappa shape index (κ1) is 15.1. The monoisotopic (exact) mass is 296 g/mol. The van der Waals surface area contributed by atoms with Gasteiger partial charge in [0.25, 0.3) is 0 Å². The summed E-state index contributed by atoms with van der Waals surface area (Å²) < 4.78 is 5.01. The van der Waals surface area contributed by atoms with E-state index >= 15 is 0 Å². The summed E-state index contributed by atoms with van der Waals surface area (Å²) in [7, 11) is 0. The van der Waals surface area contributed by atoms with Crippen molar-refractivity contribution in [1.29, 1.82) is 0 Å². The van der Waals surface area contributed by atoms with E-state index in [2.05, 4.69) is 14.9 Å². The number of carbonyl (C=O) groups excluding carboxylic acids is 1. The topological polar surface area (TPSA) is 58.6 Å². The van der Waals surface area contributed by atoms with E-state index < -0.39 is 0 Å². The van der Waals surface area contributed by atoms with Crippen molar-refractivity contribution in [3.8, 4) is 0 Å².